The molecule has 0 bridgehead atoms. The van der Waals surface area contributed by atoms with E-state index in [1.807, 2.05) is 13.1 Å². The summed E-state index contributed by atoms with van der Waals surface area (Å²) in [5, 5.41) is 19.7. The molecule has 3 aromatic rings. The van der Waals surface area contributed by atoms with E-state index >= 15 is 0 Å². The maximum atomic E-state index is 10.1. The summed E-state index contributed by atoms with van der Waals surface area (Å²) in [4.78, 5) is 19.4. The van der Waals surface area contributed by atoms with Gasteiger partial charge in [0.05, 0.1) is 11.3 Å². The fraction of sp³-hybridized carbons (Fsp3) is 0.263. The highest BCUT2D eigenvalue weighted by Crippen LogP contribution is 2.29. The largest absolute Gasteiger partial charge is 0.508 e. The molecule has 0 spiro atoms. The molecule has 7 heteroatoms. The van der Waals surface area contributed by atoms with E-state index in [0.29, 0.717) is 12.4 Å². The van der Waals surface area contributed by atoms with Crippen LogP contribution in [0.1, 0.15) is 22.4 Å². The van der Waals surface area contributed by atoms with Gasteiger partial charge in [-0.05, 0) is 18.6 Å². The minimum absolute atomic E-state index is 0.0820. The van der Waals surface area contributed by atoms with Crippen molar-refractivity contribution < 1.29 is 10.2 Å². The van der Waals surface area contributed by atoms with Gasteiger partial charge in [-0.1, -0.05) is 0 Å². The van der Waals surface area contributed by atoms with Crippen molar-refractivity contribution in [1.29, 1.82) is 0 Å². The maximum Gasteiger partial charge on any atom is 0.162 e. The summed E-state index contributed by atoms with van der Waals surface area (Å²) in [5.74, 6) is 0.854. The van der Waals surface area contributed by atoms with Crippen LogP contribution in [0.25, 0.3) is 11.4 Å². The summed E-state index contributed by atoms with van der Waals surface area (Å²) in [7, 11) is 0. The molecule has 0 saturated heterocycles. The van der Waals surface area contributed by atoms with Crippen LogP contribution in [0.4, 0.5) is 0 Å². The molecular formula is C19H19N5O2. The first-order chi connectivity index (χ1) is 12.6. The summed E-state index contributed by atoms with van der Waals surface area (Å²) < 4.78 is 0. The van der Waals surface area contributed by atoms with Gasteiger partial charge in [0.1, 0.15) is 17.8 Å². The Labute approximate surface area is 151 Å². The molecule has 0 unspecified atom stereocenters. The lowest BCUT2D eigenvalue weighted by molar-refractivity contribution is 0.239. The third kappa shape index (κ3) is 3.21. The Morgan fingerprint density at radius 2 is 1.92 bits per heavy atom. The molecular weight excluding hydrogens is 330 g/mol. The number of aromatic nitrogens is 4. The van der Waals surface area contributed by atoms with E-state index in [1.54, 1.807) is 18.5 Å². The Morgan fingerprint density at radius 3 is 2.69 bits per heavy atom. The molecule has 4 rings (SSSR count). The van der Waals surface area contributed by atoms with Gasteiger partial charge in [-0.25, -0.2) is 19.9 Å². The molecule has 1 aliphatic rings. The lowest BCUT2D eigenvalue weighted by Gasteiger charge is -2.28. The third-order valence-electron chi connectivity index (χ3n) is 4.65. The number of hydrogen-bond acceptors (Lipinski definition) is 7. The fourth-order valence-corrected chi connectivity index (χ4v) is 3.27. The van der Waals surface area contributed by atoms with Gasteiger partial charge in [-0.2, -0.15) is 0 Å². The van der Waals surface area contributed by atoms with E-state index in [0.717, 1.165) is 47.5 Å². The van der Waals surface area contributed by atoms with Crippen LogP contribution in [-0.4, -0.2) is 41.6 Å². The summed E-state index contributed by atoms with van der Waals surface area (Å²) >= 11 is 0. The Kier molecular flexibility index (Phi) is 4.22. The first-order valence-corrected chi connectivity index (χ1v) is 8.44. The van der Waals surface area contributed by atoms with Crippen LogP contribution in [-0.2, 0) is 19.5 Å². The number of phenolic OH excluding ortho intramolecular Hbond substituents is 2. The molecule has 2 aromatic heterocycles. The quantitative estimate of drug-likeness (QED) is 0.748. The first-order valence-electron chi connectivity index (χ1n) is 8.44. The van der Waals surface area contributed by atoms with E-state index in [9.17, 15) is 10.2 Å². The van der Waals surface area contributed by atoms with E-state index in [-0.39, 0.29) is 11.5 Å². The minimum atomic E-state index is 0.0820. The van der Waals surface area contributed by atoms with Crippen LogP contribution < -0.4 is 0 Å². The number of nitrogens with zero attached hydrogens (tertiary/aromatic N) is 5. The monoisotopic (exact) mass is 349 g/mol. The number of aryl methyl sites for hydroxylation is 1. The molecule has 1 aromatic carbocycles. The van der Waals surface area contributed by atoms with E-state index in [4.69, 9.17) is 0 Å². The molecule has 0 radical (unpaired) electrons. The van der Waals surface area contributed by atoms with Gasteiger partial charge in [-0.3, -0.25) is 4.90 Å². The Balaban J connectivity index is 1.54. The number of fused-ring (bicyclic) bond motifs is 1. The van der Waals surface area contributed by atoms with Gasteiger partial charge in [0.15, 0.2) is 5.82 Å². The van der Waals surface area contributed by atoms with Gasteiger partial charge in [0.2, 0.25) is 0 Å². The highest BCUT2D eigenvalue weighted by atomic mass is 16.3. The summed E-state index contributed by atoms with van der Waals surface area (Å²) in [6, 6.07) is 3.06. The Bertz CT molecular complexity index is 923. The van der Waals surface area contributed by atoms with E-state index < -0.39 is 0 Å². The van der Waals surface area contributed by atoms with Crippen molar-refractivity contribution in [1.82, 2.24) is 24.8 Å². The van der Waals surface area contributed by atoms with Gasteiger partial charge in [0, 0.05) is 61.8 Å². The predicted octanol–water partition coefficient (Wildman–Crippen LogP) is 2.21. The lowest BCUT2D eigenvalue weighted by atomic mass is 10.0. The lowest BCUT2D eigenvalue weighted by Crippen LogP contribution is -2.31. The Morgan fingerprint density at radius 1 is 1.12 bits per heavy atom. The van der Waals surface area contributed by atoms with Crippen LogP contribution in [0, 0.1) is 6.92 Å². The van der Waals surface area contributed by atoms with Crippen molar-refractivity contribution in [3.8, 4) is 22.9 Å². The average molecular weight is 349 g/mol. The second kappa shape index (κ2) is 6.68. The van der Waals surface area contributed by atoms with Crippen molar-refractivity contribution >= 4 is 0 Å². The van der Waals surface area contributed by atoms with E-state index in [2.05, 4.69) is 24.8 Å². The van der Waals surface area contributed by atoms with Gasteiger partial charge >= 0.3 is 0 Å². The standard InChI is InChI=1S/C19H19N5O2/c1-12-4-15(25)5-18(26)16(12)10-24-3-2-17-14(9-24)8-22-19(23-17)13-6-20-11-21-7-13/h4-8,11,25-26H,2-3,9-10H2,1H3. The molecule has 0 fully saturated rings. The zero-order valence-electron chi connectivity index (χ0n) is 14.4. The van der Waals surface area contributed by atoms with Crippen LogP contribution in [0.5, 0.6) is 11.5 Å². The minimum Gasteiger partial charge on any atom is -0.508 e. The fourth-order valence-electron chi connectivity index (χ4n) is 3.27. The molecule has 1 aliphatic heterocycles. The molecule has 0 aliphatic carbocycles. The first kappa shape index (κ1) is 16.4. The number of benzene rings is 1. The van der Waals surface area contributed by atoms with Gasteiger partial charge in [-0.15, -0.1) is 0 Å². The molecule has 3 heterocycles. The summed E-state index contributed by atoms with van der Waals surface area (Å²) in [5.41, 5.74) is 4.66. The smallest absolute Gasteiger partial charge is 0.162 e. The zero-order valence-corrected chi connectivity index (χ0v) is 14.4. The summed E-state index contributed by atoms with van der Waals surface area (Å²) in [6.07, 6.45) is 7.58. The van der Waals surface area contributed by atoms with Crippen molar-refractivity contribution in [2.24, 2.45) is 0 Å². The second-order valence-corrected chi connectivity index (χ2v) is 6.51. The molecule has 26 heavy (non-hydrogen) atoms. The van der Waals surface area contributed by atoms with Crippen LogP contribution in [0.15, 0.2) is 37.1 Å². The zero-order chi connectivity index (χ0) is 18.1. The van der Waals surface area contributed by atoms with Crippen molar-refractivity contribution in [3.63, 3.8) is 0 Å². The number of aromatic hydroxyl groups is 2. The molecule has 0 saturated carbocycles. The van der Waals surface area contributed by atoms with Gasteiger partial charge in [0.25, 0.3) is 0 Å². The number of rotatable bonds is 3. The Hall–Kier alpha value is -3.06. The highest BCUT2D eigenvalue weighted by molar-refractivity contribution is 5.52. The second-order valence-electron chi connectivity index (χ2n) is 6.51. The number of phenols is 2. The van der Waals surface area contributed by atoms with Gasteiger partial charge < -0.3 is 10.2 Å². The van der Waals surface area contributed by atoms with Crippen LogP contribution >= 0.6 is 0 Å². The van der Waals surface area contributed by atoms with Crippen molar-refractivity contribution in [2.45, 2.75) is 26.4 Å². The summed E-state index contributed by atoms with van der Waals surface area (Å²) in [6.45, 7) is 4.07. The maximum absolute atomic E-state index is 10.1. The van der Waals surface area contributed by atoms with Crippen LogP contribution in [0.2, 0.25) is 0 Å². The SMILES string of the molecule is Cc1cc(O)cc(O)c1CN1CCc2nc(-c3cncnc3)ncc2C1. The van der Waals surface area contributed by atoms with E-state index in [1.165, 1.54) is 12.4 Å². The molecule has 132 valence electrons. The molecule has 0 atom stereocenters. The predicted molar refractivity (Wildman–Crippen MR) is 95.4 cm³/mol. The number of hydrogen-bond donors (Lipinski definition) is 2. The average Bonchev–Trinajstić information content (AvgIpc) is 2.65. The van der Waals surface area contributed by atoms with Crippen LogP contribution in [0.3, 0.4) is 0 Å². The molecule has 7 nitrogen and oxygen atoms in total. The highest BCUT2D eigenvalue weighted by Gasteiger charge is 2.21. The molecule has 0 amide bonds. The normalized spacial score (nSPS) is 14.2. The third-order valence-corrected chi connectivity index (χ3v) is 4.65. The topological polar surface area (TPSA) is 95.3 Å². The van der Waals surface area contributed by atoms with Crippen molar-refractivity contribution in [3.05, 3.63) is 59.4 Å². The van der Waals surface area contributed by atoms with Crippen molar-refractivity contribution in [2.75, 3.05) is 6.54 Å². The molecule has 2 N–H and O–H groups in total.